The average molecular weight is 201 g/mol. The second kappa shape index (κ2) is 4.00. The molecule has 2 rings (SSSR count). The molecule has 0 fully saturated rings. The van der Waals surface area contributed by atoms with Gasteiger partial charge in [-0.05, 0) is 25.1 Å². The van der Waals surface area contributed by atoms with Crippen molar-refractivity contribution in [3.05, 3.63) is 48.3 Å². The molecular weight excluding hydrogens is 190 g/mol. The number of pyridine rings is 1. The van der Waals surface area contributed by atoms with E-state index in [1.54, 1.807) is 36.5 Å². The summed E-state index contributed by atoms with van der Waals surface area (Å²) in [7, 11) is 0. The predicted octanol–water partition coefficient (Wildman–Crippen LogP) is 2.89. The molecule has 3 heteroatoms. The van der Waals surface area contributed by atoms with Gasteiger partial charge in [-0.1, -0.05) is 6.07 Å². The number of aryl methyl sites for hydroxylation is 1. The third kappa shape index (κ3) is 2.47. The van der Waals surface area contributed by atoms with E-state index in [9.17, 15) is 5.11 Å². The van der Waals surface area contributed by atoms with Crippen molar-refractivity contribution in [1.82, 2.24) is 4.98 Å². The highest BCUT2D eigenvalue weighted by atomic mass is 16.5. The van der Waals surface area contributed by atoms with E-state index in [0.717, 1.165) is 5.69 Å². The Morgan fingerprint density at radius 2 is 1.93 bits per heavy atom. The Morgan fingerprint density at radius 3 is 2.67 bits per heavy atom. The Labute approximate surface area is 88.0 Å². The van der Waals surface area contributed by atoms with Crippen LogP contribution in [0.15, 0.2) is 42.6 Å². The highest BCUT2D eigenvalue weighted by molar-refractivity contribution is 5.35. The third-order valence-electron chi connectivity index (χ3n) is 1.92. The molecule has 1 aromatic carbocycles. The first-order valence-electron chi connectivity index (χ1n) is 4.63. The molecule has 0 aliphatic carbocycles. The molecule has 15 heavy (non-hydrogen) atoms. The molecule has 3 nitrogen and oxygen atoms in total. The van der Waals surface area contributed by atoms with Crippen LogP contribution in [-0.4, -0.2) is 10.1 Å². The van der Waals surface area contributed by atoms with Crippen molar-refractivity contribution in [2.45, 2.75) is 6.92 Å². The summed E-state index contributed by atoms with van der Waals surface area (Å²) in [4.78, 5) is 4.07. The van der Waals surface area contributed by atoms with Crippen LogP contribution in [0.3, 0.4) is 0 Å². The molecule has 0 aliphatic rings. The summed E-state index contributed by atoms with van der Waals surface area (Å²) >= 11 is 0. The first-order valence-corrected chi connectivity index (χ1v) is 4.63. The number of hydrogen-bond donors (Lipinski definition) is 1. The van der Waals surface area contributed by atoms with Gasteiger partial charge in [0.05, 0.1) is 0 Å². The van der Waals surface area contributed by atoms with Crippen LogP contribution in [0.5, 0.6) is 17.2 Å². The van der Waals surface area contributed by atoms with Crippen LogP contribution >= 0.6 is 0 Å². The quantitative estimate of drug-likeness (QED) is 0.812. The van der Waals surface area contributed by atoms with Crippen LogP contribution in [0, 0.1) is 6.92 Å². The highest BCUT2D eigenvalue weighted by Crippen LogP contribution is 2.24. The second-order valence-corrected chi connectivity index (χ2v) is 3.23. The summed E-state index contributed by atoms with van der Waals surface area (Å²) in [5, 5.41) is 9.25. The summed E-state index contributed by atoms with van der Waals surface area (Å²) in [6, 6.07) is 10.3. The Morgan fingerprint density at radius 1 is 1.13 bits per heavy atom. The van der Waals surface area contributed by atoms with Crippen molar-refractivity contribution in [3.8, 4) is 17.2 Å². The zero-order chi connectivity index (χ0) is 10.7. The topological polar surface area (TPSA) is 42.4 Å². The molecule has 0 unspecified atom stereocenters. The average Bonchev–Trinajstić information content (AvgIpc) is 2.17. The number of ether oxygens (including phenoxy) is 1. The SMILES string of the molecule is Cc1cc(Oc2cccc(O)c2)ccn1. The van der Waals surface area contributed by atoms with Crippen LogP contribution in [-0.2, 0) is 0 Å². The summed E-state index contributed by atoms with van der Waals surface area (Å²) < 4.78 is 5.54. The molecule has 0 bridgehead atoms. The molecule has 0 amide bonds. The van der Waals surface area contributed by atoms with E-state index in [2.05, 4.69) is 4.98 Å². The molecule has 0 saturated heterocycles. The number of hydrogen-bond acceptors (Lipinski definition) is 3. The molecule has 2 aromatic rings. The van der Waals surface area contributed by atoms with Crippen molar-refractivity contribution < 1.29 is 9.84 Å². The zero-order valence-electron chi connectivity index (χ0n) is 8.34. The summed E-state index contributed by atoms with van der Waals surface area (Å²) in [5.74, 6) is 1.52. The molecule has 1 heterocycles. The molecule has 0 radical (unpaired) electrons. The fraction of sp³-hybridized carbons (Fsp3) is 0.0833. The number of aromatic hydroxyl groups is 1. The van der Waals surface area contributed by atoms with Gasteiger partial charge in [0.25, 0.3) is 0 Å². The van der Waals surface area contributed by atoms with Crippen molar-refractivity contribution in [1.29, 1.82) is 0 Å². The second-order valence-electron chi connectivity index (χ2n) is 3.23. The molecule has 1 aromatic heterocycles. The summed E-state index contributed by atoms with van der Waals surface area (Å²) in [6.45, 7) is 1.90. The maximum Gasteiger partial charge on any atom is 0.131 e. The first-order chi connectivity index (χ1) is 7.24. The van der Waals surface area contributed by atoms with Crippen molar-refractivity contribution in [2.75, 3.05) is 0 Å². The first kappa shape index (κ1) is 9.52. The van der Waals surface area contributed by atoms with Crippen LogP contribution in [0.2, 0.25) is 0 Å². The van der Waals surface area contributed by atoms with E-state index in [1.165, 1.54) is 0 Å². The predicted molar refractivity (Wildman–Crippen MR) is 57.2 cm³/mol. The van der Waals surface area contributed by atoms with Crippen molar-refractivity contribution >= 4 is 0 Å². The number of aromatic nitrogens is 1. The van der Waals surface area contributed by atoms with E-state index >= 15 is 0 Å². The molecule has 76 valence electrons. The van der Waals surface area contributed by atoms with Crippen molar-refractivity contribution in [3.63, 3.8) is 0 Å². The Balaban J connectivity index is 2.22. The lowest BCUT2D eigenvalue weighted by Gasteiger charge is -2.05. The summed E-state index contributed by atoms with van der Waals surface area (Å²) in [6.07, 6.45) is 1.69. The number of benzene rings is 1. The number of nitrogens with zero attached hydrogens (tertiary/aromatic N) is 1. The van der Waals surface area contributed by atoms with E-state index < -0.39 is 0 Å². The zero-order valence-corrected chi connectivity index (χ0v) is 8.34. The minimum Gasteiger partial charge on any atom is -0.508 e. The molecule has 0 saturated carbocycles. The van der Waals surface area contributed by atoms with E-state index in [4.69, 9.17) is 4.74 Å². The Kier molecular flexibility index (Phi) is 2.54. The van der Waals surface area contributed by atoms with Gasteiger partial charge in [-0.2, -0.15) is 0 Å². The number of phenols is 1. The van der Waals surface area contributed by atoms with Crippen LogP contribution in [0.4, 0.5) is 0 Å². The maximum absolute atomic E-state index is 9.25. The standard InChI is InChI=1S/C12H11NO2/c1-9-7-12(5-6-13-9)15-11-4-2-3-10(14)8-11/h2-8,14H,1H3. The van der Waals surface area contributed by atoms with Crippen LogP contribution in [0.1, 0.15) is 5.69 Å². The third-order valence-corrected chi connectivity index (χ3v) is 1.92. The Hall–Kier alpha value is -2.03. The molecule has 1 N–H and O–H groups in total. The van der Waals surface area contributed by atoms with Crippen molar-refractivity contribution in [2.24, 2.45) is 0 Å². The molecule has 0 aliphatic heterocycles. The largest absolute Gasteiger partial charge is 0.508 e. The van der Waals surface area contributed by atoms with Gasteiger partial charge in [0, 0.05) is 24.0 Å². The van der Waals surface area contributed by atoms with Gasteiger partial charge in [-0.25, -0.2) is 0 Å². The number of rotatable bonds is 2. The van der Waals surface area contributed by atoms with Gasteiger partial charge < -0.3 is 9.84 Å². The van der Waals surface area contributed by atoms with Gasteiger partial charge in [-0.15, -0.1) is 0 Å². The minimum absolute atomic E-state index is 0.193. The fourth-order valence-electron chi connectivity index (χ4n) is 1.27. The molecule has 0 atom stereocenters. The maximum atomic E-state index is 9.25. The molecule has 0 spiro atoms. The van der Waals surface area contributed by atoms with E-state index in [1.807, 2.05) is 13.0 Å². The lowest BCUT2D eigenvalue weighted by Crippen LogP contribution is -1.86. The van der Waals surface area contributed by atoms with E-state index in [-0.39, 0.29) is 5.75 Å². The van der Waals surface area contributed by atoms with Crippen LogP contribution < -0.4 is 4.74 Å². The minimum atomic E-state index is 0.193. The van der Waals surface area contributed by atoms with Crippen LogP contribution in [0.25, 0.3) is 0 Å². The Bertz CT molecular complexity index is 425. The van der Waals surface area contributed by atoms with Gasteiger partial charge in [-0.3, -0.25) is 4.98 Å². The van der Waals surface area contributed by atoms with Gasteiger partial charge >= 0.3 is 0 Å². The fourth-order valence-corrected chi connectivity index (χ4v) is 1.27. The van der Waals surface area contributed by atoms with Gasteiger partial charge in [0.1, 0.15) is 17.2 Å². The van der Waals surface area contributed by atoms with Gasteiger partial charge in [0.15, 0.2) is 0 Å². The monoisotopic (exact) mass is 201 g/mol. The summed E-state index contributed by atoms with van der Waals surface area (Å²) in [5.41, 5.74) is 0.896. The normalized spacial score (nSPS) is 9.93. The lowest BCUT2D eigenvalue weighted by atomic mass is 10.3. The lowest BCUT2D eigenvalue weighted by molar-refractivity contribution is 0.455. The highest BCUT2D eigenvalue weighted by Gasteiger charge is 1.98. The van der Waals surface area contributed by atoms with E-state index in [0.29, 0.717) is 11.5 Å². The smallest absolute Gasteiger partial charge is 0.131 e. The number of phenolic OH excluding ortho intramolecular Hbond substituents is 1. The van der Waals surface area contributed by atoms with Gasteiger partial charge in [0.2, 0.25) is 0 Å². The molecular formula is C12H11NO2.